The Bertz CT molecular complexity index is 471. The molecule has 8 heteroatoms. The Labute approximate surface area is 101 Å². The third kappa shape index (κ3) is 2.40. The highest BCUT2D eigenvalue weighted by Gasteiger charge is 2.11. The van der Waals surface area contributed by atoms with Crippen LogP contribution >= 0.6 is 23.2 Å². The molecule has 0 fully saturated rings. The van der Waals surface area contributed by atoms with E-state index in [9.17, 15) is 0 Å². The van der Waals surface area contributed by atoms with E-state index >= 15 is 0 Å². The minimum atomic E-state index is -0.0831. The topological polar surface area (TPSA) is 79.4 Å². The average molecular weight is 259 g/mol. The molecule has 0 spiro atoms. The summed E-state index contributed by atoms with van der Waals surface area (Å²) < 4.78 is 0. The number of hydrogen-bond donors (Lipinski definition) is 2. The maximum absolute atomic E-state index is 5.86. The van der Waals surface area contributed by atoms with Crippen molar-refractivity contribution in [2.75, 3.05) is 5.32 Å². The number of nitrogens with one attached hydrogen (secondary N) is 2. The molecule has 0 aromatic carbocycles. The number of halogens is 2. The number of anilines is 1. The molecular formula is C8H8Cl2N6. The second-order valence-electron chi connectivity index (χ2n) is 3.11. The van der Waals surface area contributed by atoms with E-state index in [1.54, 1.807) is 6.07 Å². The largest absolute Gasteiger partial charge is 0.373 e. The number of hydrogen-bond acceptors (Lipinski definition) is 5. The van der Waals surface area contributed by atoms with Crippen molar-refractivity contribution in [2.45, 2.75) is 13.0 Å². The van der Waals surface area contributed by atoms with E-state index in [0.717, 1.165) is 0 Å². The van der Waals surface area contributed by atoms with Gasteiger partial charge in [0.2, 0.25) is 0 Å². The van der Waals surface area contributed by atoms with Crippen molar-refractivity contribution in [1.29, 1.82) is 0 Å². The maximum atomic E-state index is 5.86. The fourth-order valence-corrected chi connectivity index (χ4v) is 1.47. The molecule has 0 amide bonds. The van der Waals surface area contributed by atoms with Gasteiger partial charge in [-0.25, -0.2) is 4.98 Å². The van der Waals surface area contributed by atoms with E-state index in [0.29, 0.717) is 11.5 Å². The SMILES string of the molecule is CC(Nc1cc(Cl)nnc1Cl)c1ncn[nH]1. The van der Waals surface area contributed by atoms with Gasteiger partial charge in [-0.15, -0.1) is 10.2 Å². The molecule has 16 heavy (non-hydrogen) atoms. The Balaban J connectivity index is 2.17. The van der Waals surface area contributed by atoms with Crippen LogP contribution in [0.3, 0.4) is 0 Å². The molecule has 6 nitrogen and oxygen atoms in total. The molecule has 2 rings (SSSR count). The summed E-state index contributed by atoms with van der Waals surface area (Å²) in [4.78, 5) is 4.02. The van der Waals surface area contributed by atoms with Gasteiger partial charge in [0.25, 0.3) is 0 Å². The highest BCUT2D eigenvalue weighted by Crippen LogP contribution is 2.24. The number of rotatable bonds is 3. The first kappa shape index (κ1) is 11.1. The standard InChI is InChI=1S/C8H8Cl2N6/c1-4(8-11-3-12-16-8)13-5-2-6(9)14-15-7(5)10/h2-4H,1H3,(H,13,14)(H,11,12,16). The van der Waals surface area contributed by atoms with E-state index < -0.39 is 0 Å². The van der Waals surface area contributed by atoms with Gasteiger partial charge in [0.15, 0.2) is 10.3 Å². The van der Waals surface area contributed by atoms with Crippen LogP contribution in [0, 0.1) is 0 Å². The van der Waals surface area contributed by atoms with Gasteiger partial charge < -0.3 is 5.32 Å². The average Bonchev–Trinajstić information content (AvgIpc) is 2.76. The van der Waals surface area contributed by atoms with E-state index in [4.69, 9.17) is 23.2 Å². The van der Waals surface area contributed by atoms with Crippen LogP contribution in [0.2, 0.25) is 10.3 Å². The Morgan fingerprint density at radius 2 is 2.19 bits per heavy atom. The molecule has 0 saturated heterocycles. The molecule has 0 radical (unpaired) electrons. The van der Waals surface area contributed by atoms with Crippen LogP contribution in [-0.4, -0.2) is 25.4 Å². The van der Waals surface area contributed by atoms with Crippen LogP contribution in [0.25, 0.3) is 0 Å². The highest BCUT2D eigenvalue weighted by atomic mass is 35.5. The lowest BCUT2D eigenvalue weighted by atomic mass is 10.3. The second-order valence-corrected chi connectivity index (χ2v) is 3.85. The predicted molar refractivity (Wildman–Crippen MR) is 60.5 cm³/mol. The van der Waals surface area contributed by atoms with Crippen molar-refractivity contribution in [3.05, 3.63) is 28.5 Å². The van der Waals surface area contributed by atoms with Crippen LogP contribution in [0.4, 0.5) is 5.69 Å². The van der Waals surface area contributed by atoms with E-state index in [2.05, 4.69) is 30.7 Å². The molecule has 2 aromatic heterocycles. The van der Waals surface area contributed by atoms with Crippen LogP contribution in [0.1, 0.15) is 18.8 Å². The minimum Gasteiger partial charge on any atom is -0.373 e. The smallest absolute Gasteiger partial charge is 0.174 e. The lowest BCUT2D eigenvalue weighted by Gasteiger charge is -2.12. The van der Waals surface area contributed by atoms with Crippen molar-refractivity contribution >= 4 is 28.9 Å². The summed E-state index contributed by atoms with van der Waals surface area (Å²) in [5.41, 5.74) is 0.602. The molecule has 0 bridgehead atoms. The summed E-state index contributed by atoms with van der Waals surface area (Å²) in [6.07, 6.45) is 1.44. The molecule has 2 N–H and O–H groups in total. The van der Waals surface area contributed by atoms with Gasteiger partial charge in [-0.3, -0.25) is 5.10 Å². The van der Waals surface area contributed by atoms with Crippen molar-refractivity contribution < 1.29 is 0 Å². The molecule has 0 aliphatic carbocycles. The lowest BCUT2D eigenvalue weighted by Crippen LogP contribution is -2.09. The molecule has 1 atom stereocenters. The number of nitrogens with zero attached hydrogens (tertiary/aromatic N) is 4. The lowest BCUT2D eigenvalue weighted by molar-refractivity contribution is 0.793. The Hall–Kier alpha value is -1.40. The van der Waals surface area contributed by atoms with Crippen LogP contribution in [-0.2, 0) is 0 Å². The minimum absolute atomic E-state index is 0.0831. The van der Waals surface area contributed by atoms with Crippen LogP contribution in [0.5, 0.6) is 0 Å². The Kier molecular flexibility index (Phi) is 3.21. The van der Waals surface area contributed by atoms with Crippen molar-refractivity contribution in [3.63, 3.8) is 0 Å². The number of aromatic amines is 1. The van der Waals surface area contributed by atoms with Crippen LogP contribution in [0.15, 0.2) is 12.4 Å². The van der Waals surface area contributed by atoms with Gasteiger partial charge in [0.1, 0.15) is 12.2 Å². The summed E-state index contributed by atoms with van der Waals surface area (Å²) in [5, 5.41) is 17.5. The van der Waals surface area contributed by atoms with Gasteiger partial charge in [0.05, 0.1) is 11.7 Å². The summed E-state index contributed by atoms with van der Waals surface area (Å²) in [6.45, 7) is 1.91. The zero-order chi connectivity index (χ0) is 11.5. The zero-order valence-electron chi connectivity index (χ0n) is 8.28. The first-order valence-corrected chi connectivity index (χ1v) is 5.23. The normalized spacial score (nSPS) is 12.4. The molecular weight excluding hydrogens is 251 g/mol. The van der Waals surface area contributed by atoms with Gasteiger partial charge in [0, 0.05) is 6.07 Å². The monoisotopic (exact) mass is 258 g/mol. The van der Waals surface area contributed by atoms with Gasteiger partial charge in [-0.05, 0) is 6.92 Å². The summed E-state index contributed by atoms with van der Waals surface area (Å²) >= 11 is 11.6. The summed E-state index contributed by atoms with van der Waals surface area (Å²) in [5.74, 6) is 0.698. The molecule has 2 heterocycles. The fraction of sp³-hybridized carbons (Fsp3) is 0.250. The van der Waals surface area contributed by atoms with Crippen molar-refractivity contribution in [3.8, 4) is 0 Å². The zero-order valence-corrected chi connectivity index (χ0v) is 9.79. The van der Waals surface area contributed by atoms with Gasteiger partial charge in [-0.2, -0.15) is 5.10 Å². The second kappa shape index (κ2) is 4.63. The third-order valence-corrected chi connectivity index (χ3v) is 2.40. The van der Waals surface area contributed by atoms with Gasteiger partial charge >= 0.3 is 0 Å². The Morgan fingerprint density at radius 1 is 1.38 bits per heavy atom. The summed E-state index contributed by atoms with van der Waals surface area (Å²) in [7, 11) is 0. The summed E-state index contributed by atoms with van der Waals surface area (Å²) in [6, 6.07) is 1.52. The number of aromatic nitrogens is 5. The first-order chi connectivity index (χ1) is 7.66. The molecule has 2 aromatic rings. The molecule has 84 valence electrons. The van der Waals surface area contributed by atoms with E-state index in [1.807, 2.05) is 6.92 Å². The third-order valence-electron chi connectivity index (χ3n) is 1.93. The Morgan fingerprint density at radius 3 is 2.88 bits per heavy atom. The predicted octanol–water partition coefficient (Wildman–Crippen LogP) is 2.07. The maximum Gasteiger partial charge on any atom is 0.174 e. The number of H-pyrrole nitrogens is 1. The van der Waals surface area contributed by atoms with Crippen molar-refractivity contribution in [1.82, 2.24) is 25.4 Å². The fourth-order valence-electron chi connectivity index (χ4n) is 1.18. The molecule has 0 aliphatic rings. The quantitative estimate of drug-likeness (QED) is 0.882. The highest BCUT2D eigenvalue weighted by molar-refractivity contribution is 6.33. The van der Waals surface area contributed by atoms with E-state index in [1.165, 1.54) is 6.33 Å². The molecule has 1 unspecified atom stereocenters. The van der Waals surface area contributed by atoms with Crippen molar-refractivity contribution in [2.24, 2.45) is 0 Å². The van der Waals surface area contributed by atoms with Crippen LogP contribution < -0.4 is 5.32 Å². The molecule has 0 aliphatic heterocycles. The molecule has 0 saturated carbocycles. The van der Waals surface area contributed by atoms with E-state index in [-0.39, 0.29) is 16.3 Å². The van der Waals surface area contributed by atoms with Gasteiger partial charge in [-0.1, -0.05) is 23.2 Å². The first-order valence-electron chi connectivity index (χ1n) is 4.47.